The van der Waals surface area contributed by atoms with Crippen molar-refractivity contribution in [3.63, 3.8) is 0 Å². The average Bonchev–Trinajstić information content (AvgIpc) is 3.06. The first kappa shape index (κ1) is 13.7. The Bertz CT molecular complexity index is 376. The van der Waals surface area contributed by atoms with E-state index < -0.39 is 0 Å². The van der Waals surface area contributed by atoms with Crippen LogP contribution in [0.4, 0.5) is 0 Å². The van der Waals surface area contributed by atoms with E-state index in [2.05, 4.69) is 14.9 Å². The van der Waals surface area contributed by atoms with Gasteiger partial charge < -0.3 is 4.74 Å². The molecule has 1 aromatic heterocycles. The zero-order chi connectivity index (χ0) is 13.0. The molecular formula is C13H20ClN3O. The topological polar surface area (TPSA) is 38.2 Å². The van der Waals surface area contributed by atoms with E-state index in [4.69, 9.17) is 16.3 Å². The smallest absolute Gasteiger partial charge is 0.144 e. The Hall–Kier alpha value is -0.710. The maximum absolute atomic E-state index is 5.91. The number of hydrogen-bond donors (Lipinski definition) is 0. The number of rotatable bonds is 7. The fourth-order valence-corrected chi connectivity index (χ4v) is 1.99. The van der Waals surface area contributed by atoms with Crippen LogP contribution in [0.1, 0.15) is 24.4 Å². The van der Waals surface area contributed by atoms with Gasteiger partial charge in [-0.3, -0.25) is 4.90 Å². The summed E-state index contributed by atoms with van der Waals surface area (Å²) < 4.78 is 5.60. The highest BCUT2D eigenvalue weighted by Gasteiger charge is 2.20. The lowest BCUT2D eigenvalue weighted by molar-refractivity contribution is 0.101. The third-order valence-electron chi connectivity index (χ3n) is 2.95. The normalized spacial score (nSPS) is 15.3. The van der Waals surface area contributed by atoms with Gasteiger partial charge in [-0.15, -0.1) is 0 Å². The van der Waals surface area contributed by atoms with Gasteiger partial charge in [-0.1, -0.05) is 11.6 Å². The summed E-state index contributed by atoms with van der Waals surface area (Å²) in [6.07, 6.45) is 2.68. The summed E-state index contributed by atoms with van der Waals surface area (Å²) in [5.41, 5.74) is 0.906. The van der Waals surface area contributed by atoms with E-state index in [9.17, 15) is 0 Å². The lowest BCUT2D eigenvalue weighted by Gasteiger charge is -2.15. The average molecular weight is 270 g/mol. The van der Waals surface area contributed by atoms with E-state index in [1.165, 1.54) is 12.8 Å². The maximum atomic E-state index is 5.91. The van der Waals surface area contributed by atoms with Gasteiger partial charge in [0.25, 0.3) is 0 Å². The van der Waals surface area contributed by atoms with Crippen molar-refractivity contribution in [2.75, 3.05) is 26.8 Å². The van der Waals surface area contributed by atoms with Crippen molar-refractivity contribution in [1.82, 2.24) is 14.9 Å². The van der Waals surface area contributed by atoms with Gasteiger partial charge >= 0.3 is 0 Å². The van der Waals surface area contributed by atoms with Crippen LogP contribution in [0, 0.1) is 12.8 Å². The van der Waals surface area contributed by atoms with E-state index in [0.29, 0.717) is 11.7 Å². The first-order valence-electron chi connectivity index (χ1n) is 6.40. The Labute approximate surface area is 113 Å². The molecule has 0 aliphatic heterocycles. The van der Waals surface area contributed by atoms with Gasteiger partial charge in [0.15, 0.2) is 0 Å². The third kappa shape index (κ3) is 4.88. The summed E-state index contributed by atoms with van der Waals surface area (Å²) in [7, 11) is 2.04. The van der Waals surface area contributed by atoms with Gasteiger partial charge in [0.1, 0.15) is 11.0 Å². The highest BCUT2D eigenvalue weighted by atomic mass is 35.5. The predicted octanol–water partition coefficient (Wildman–Crippen LogP) is 2.30. The minimum Gasteiger partial charge on any atom is -0.380 e. The van der Waals surface area contributed by atoms with Gasteiger partial charge in [-0.25, -0.2) is 9.97 Å². The van der Waals surface area contributed by atoms with Crippen LogP contribution in [0.25, 0.3) is 0 Å². The Morgan fingerprint density at radius 3 is 2.89 bits per heavy atom. The summed E-state index contributed by atoms with van der Waals surface area (Å²) >= 11 is 5.91. The summed E-state index contributed by atoms with van der Waals surface area (Å²) in [6, 6.07) is 1.77. The number of nitrogens with zero attached hydrogens (tertiary/aromatic N) is 3. The van der Waals surface area contributed by atoms with Crippen LogP contribution in [0.5, 0.6) is 0 Å². The Morgan fingerprint density at radius 1 is 1.44 bits per heavy atom. The van der Waals surface area contributed by atoms with Crippen molar-refractivity contribution in [3.05, 3.63) is 22.7 Å². The molecule has 0 unspecified atom stereocenters. The molecule has 0 atom stereocenters. The molecule has 0 spiro atoms. The number of aryl methyl sites for hydroxylation is 1. The standard InChI is InChI=1S/C13H20ClN3O/c1-10-7-12(14)16-13(15-10)8-17(2)5-6-18-9-11-3-4-11/h7,11H,3-6,8-9H2,1-2H3. The van der Waals surface area contributed by atoms with Crippen molar-refractivity contribution >= 4 is 11.6 Å². The predicted molar refractivity (Wildman–Crippen MR) is 71.7 cm³/mol. The number of hydrogen-bond acceptors (Lipinski definition) is 4. The molecule has 0 saturated heterocycles. The Balaban J connectivity index is 1.69. The van der Waals surface area contributed by atoms with Crippen LogP contribution in [0.2, 0.25) is 5.15 Å². The van der Waals surface area contributed by atoms with Gasteiger partial charge in [-0.2, -0.15) is 0 Å². The Morgan fingerprint density at radius 2 is 2.22 bits per heavy atom. The minimum absolute atomic E-state index is 0.510. The van der Waals surface area contributed by atoms with Crippen molar-refractivity contribution < 1.29 is 4.74 Å². The lowest BCUT2D eigenvalue weighted by Crippen LogP contribution is -2.24. The molecule has 18 heavy (non-hydrogen) atoms. The molecule has 4 nitrogen and oxygen atoms in total. The molecule has 0 N–H and O–H groups in total. The van der Waals surface area contributed by atoms with Crippen LogP contribution < -0.4 is 0 Å². The van der Waals surface area contributed by atoms with Crippen LogP contribution in [-0.4, -0.2) is 41.7 Å². The summed E-state index contributed by atoms with van der Waals surface area (Å²) in [4.78, 5) is 10.7. The molecule has 1 saturated carbocycles. The molecule has 1 fully saturated rings. The molecule has 1 heterocycles. The van der Waals surface area contributed by atoms with Crippen molar-refractivity contribution in [3.8, 4) is 0 Å². The molecule has 0 amide bonds. The zero-order valence-corrected chi connectivity index (χ0v) is 11.8. The zero-order valence-electron chi connectivity index (χ0n) is 11.0. The number of aromatic nitrogens is 2. The molecule has 5 heteroatoms. The number of halogens is 1. The molecule has 1 aromatic rings. The quantitative estimate of drug-likeness (QED) is 0.562. The SMILES string of the molecule is Cc1cc(Cl)nc(CN(C)CCOCC2CC2)n1. The van der Waals surface area contributed by atoms with Gasteiger partial charge in [0, 0.05) is 18.8 Å². The number of likely N-dealkylation sites (N-methyl/N-ethyl adjacent to an activating group) is 1. The first-order chi connectivity index (χ1) is 8.63. The molecule has 2 rings (SSSR count). The second kappa shape index (κ2) is 6.45. The highest BCUT2D eigenvalue weighted by Crippen LogP contribution is 2.28. The van der Waals surface area contributed by atoms with Gasteiger partial charge in [0.05, 0.1) is 13.2 Å². The van der Waals surface area contributed by atoms with Crippen LogP contribution in [0.3, 0.4) is 0 Å². The van der Waals surface area contributed by atoms with Gasteiger partial charge in [0.2, 0.25) is 0 Å². The van der Waals surface area contributed by atoms with Crippen LogP contribution in [-0.2, 0) is 11.3 Å². The second-order valence-electron chi connectivity index (χ2n) is 5.00. The second-order valence-corrected chi connectivity index (χ2v) is 5.39. The Kier molecular flexibility index (Phi) is 4.92. The molecule has 0 bridgehead atoms. The van der Waals surface area contributed by atoms with E-state index in [1.54, 1.807) is 6.07 Å². The third-order valence-corrected chi connectivity index (χ3v) is 3.14. The minimum atomic E-state index is 0.510. The molecule has 0 radical (unpaired) electrons. The monoisotopic (exact) mass is 269 g/mol. The largest absolute Gasteiger partial charge is 0.380 e. The molecule has 1 aliphatic rings. The molecule has 100 valence electrons. The van der Waals surface area contributed by atoms with E-state index in [1.807, 2.05) is 14.0 Å². The van der Waals surface area contributed by atoms with Crippen molar-refractivity contribution in [1.29, 1.82) is 0 Å². The fourth-order valence-electron chi connectivity index (χ4n) is 1.73. The molecule has 1 aliphatic carbocycles. The first-order valence-corrected chi connectivity index (χ1v) is 6.77. The van der Waals surface area contributed by atoms with Crippen LogP contribution >= 0.6 is 11.6 Å². The lowest BCUT2D eigenvalue weighted by atomic mass is 10.4. The molecule has 0 aromatic carbocycles. The van der Waals surface area contributed by atoms with E-state index in [0.717, 1.165) is 37.2 Å². The van der Waals surface area contributed by atoms with Crippen LogP contribution in [0.15, 0.2) is 6.07 Å². The van der Waals surface area contributed by atoms with Crippen molar-refractivity contribution in [2.45, 2.75) is 26.3 Å². The van der Waals surface area contributed by atoms with Gasteiger partial charge in [-0.05, 0) is 38.8 Å². The van der Waals surface area contributed by atoms with E-state index >= 15 is 0 Å². The maximum Gasteiger partial charge on any atom is 0.144 e. The summed E-state index contributed by atoms with van der Waals surface area (Å²) in [5, 5.41) is 0.510. The fraction of sp³-hybridized carbons (Fsp3) is 0.692. The van der Waals surface area contributed by atoms with Crippen molar-refractivity contribution in [2.24, 2.45) is 5.92 Å². The van der Waals surface area contributed by atoms with E-state index in [-0.39, 0.29) is 0 Å². The highest BCUT2D eigenvalue weighted by molar-refractivity contribution is 6.29. The molecular weight excluding hydrogens is 250 g/mol. The summed E-state index contributed by atoms with van der Waals surface area (Å²) in [6.45, 7) is 5.21. The number of ether oxygens (including phenoxy) is 1. The summed E-state index contributed by atoms with van der Waals surface area (Å²) in [5.74, 6) is 1.60.